The normalized spacial score (nSPS) is 20.0. The van der Waals surface area contributed by atoms with Gasteiger partial charge >= 0.3 is 0 Å². The standard InChI is InChI=1S/C13H28N2/c1-5-12(2,3)9-15-11-13(10-14-4)7-6-8-13/h14-15H,5-11H2,1-4H3. The van der Waals surface area contributed by atoms with Crippen molar-refractivity contribution < 1.29 is 0 Å². The van der Waals surface area contributed by atoms with E-state index < -0.39 is 0 Å². The van der Waals surface area contributed by atoms with Gasteiger partial charge in [0.2, 0.25) is 0 Å². The molecule has 0 atom stereocenters. The second-order valence-corrected chi connectivity index (χ2v) is 6.01. The van der Waals surface area contributed by atoms with E-state index in [1.807, 2.05) is 0 Å². The first-order valence-corrected chi connectivity index (χ1v) is 6.39. The first kappa shape index (κ1) is 13.0. The highest BCUT2D eigenvalue weighted by atomic mass is 14.9. The Bertz CT molecular complexity index is 183. The van der Waals surface area contributed by atoms with Crippen molar-refractivity contribution >= 4 is 0 Å². The van der Waals surface area contributed by atoms with E-state index >= 15 is 0 Å². The van der Waals surface area contributed by atoms with Crippen LogP contribution in [-0.4, -0.2) is 26.7 Å². The van der Waals surface area contributed by atoms with Gasteiger partial charge in [-0.15, -0.1) is 0 Å². The van der Waals surface area contributed by atoms with Gasteiger partial charge in [0.25, 0.3) is 0 Å². The molecule has 0 saturated heterocycles. The van der Waals surface area contributed by atoms with Crippen LogP contribution < -0.4 is 10.6 Å². The molecule has 2 nitrogen and oxygen atoms in total. The van der Waals surface area contributed by atoms with E-state index in [0.29, 0.717) is 10.8 Å². The Balaban J connectivity index is 2.23. The molecule has 1 fully saturated rings. The van der Waals surface area contributed by atoms with Gasteiger partial charge in [-0.1, -0.05) is 27.2 Å². The average Bonchev–Trinajstić information content (AvgIpc) is 2.14. The molecule has 1 aliphatic carbocycles. The third kappa shape index (κ3) is 3.76. The maximum absolute atomic E-state index is 3.66. The minimum absolute atomic E-state index is 0.449. The summed E-state index contributed by atoms with van der Waals surface area (Å²) in [6.45, 7) is 10.5. The second kappa shape index (κ2) is 5.31. The van der Waals surface area contributed by atoms with Crippen LogP contribution in [0.4, 0.5) is 0 Å². The van der Waals surface area contributed by atoms with Crippen LogP contribution in [0.3, 0.4) is 0 Å². The molecule has 0 aromatic rings. The molecular weight excluding hydrogens is 184 g/mol. The number of hydrogen-bond donors (Lipinski definition) is 2. The molecule has 15 heavy (non-hydrogen) atoms. The zero-order valence-electron chi connectivity index (χ0n) is 10.9. The predicted octanol–water partition coefficient (Wildman–Crippen LogP) is 2.40. The van der Waals surface area contributed by atoms with Gasteiger partial charge < -0.3 is 10.6 Å². The minimum atomic E-state index is 0.449. The Labute approximate surface area is 95.2 Å². The van der Waals surface area contributed by atoms with Crippen LogP contribution in [0.15, 0.2) is 0 Å². The molecule has 2 N–H and O–H groups in total. The zero-order chi connectivity index (χ0) is 11.4. The predicted molar refractivity (Wildman–Crippen MR) is 67.2 cm³/mol. The lowest BCUT2D eigenvalue weighted by Gasteiger charge is -2.43. The summed E-state index contributed by atoms with van der Waals surface area (Å²) in [5, 5.41) is 7.00. The van der Waals surface area contributed by atoms with Crippen molar-refractivity contribution in [2.75, 3.05) is 26.7 Å². The van der Waals surface area contributed by atoms with E-state index in [1.54, 1.807) is 0 Å². The highest BCUT2D eigenvalue weighted by molar-refractivity contribution is 4.91. The van der Waals surface area contributed by atoms with Crippen LogP contribution in [0.25, 0.3) is 0 Å². The fraction of sp³-hybridized carbons (Fsp3) is 1.00. The molecule has 0 spiro atoms. The molecule has 0 aromatic heterocycles. The molecule has 0 aromatic carbocycles. The maximum Gasteiger partial charge on any atom is 0.00202 e. The van der Waals surface area contributed by atoms with Gasteiger partial charge in [0.05, 0.1) is 0 Å². The summed E-state index contributed by atoms with van der Waals surface area (Å²) in [4.78, 5) is 0. The molecule has 1 rings (SSSR count). The molecule has 0 bridgehead atoms. The Morgan fingerprint density at radius 3 is 2.27 bits per heavy atom. The summed E-state index contributed by atoms with van der Waals surface area (Å²) in [5.74, 6) is 0. The number of hydrogen-bond acceptors (Lipinski definition) is 2. The van der Waals surface area contributed by atoms with Crippen LogP contribution in [0.5, 0.6) is 0 Å². The van der Waals surface area contributed by atoms with Crippen LogP contribution in [0.1, 0.15) is 46.5 Å². The van der Waals surface area contributed by atoms with Crippen molar-refractivity contribution in [1.29, 1.82) is 0 Å². The summed E-state index contributed by atoms with van der Waals surface area (Å²) in [6, 6.07) is 0. The van der Waals surface area contributed by atoms with E-state index in [1.165, 1.54) is 38.8 Å². The fourth-order valence-electron chi connectivity index (χ4n) is 2.26. The van der Waals surface area contributed by atoms with Crippen LogP contribution in [0, 0.1) is 10.8 Å². The fourth-order valence-corrected chi connectivity index (χ4v) is 2.26. The molecular formula is C13H28N2. The lowest BCUT2D eigenvalue weighted by Crippen LogP contribution is -2.47. The van der Waals surface area contributed by atoms with E-state index in [2.05, 4.69) is 38.5 Å². The first-order valence-electron chi connectivity index (χ1n) is 6.39. The van der Waals surface area contributed by atoms with Gasteiger partial charge in [-0.2, -0.15) is 0 Å². The monoisotopic (exact) mass is 212 g/mol. The Hall–Kier alpha value is -0.0800. The molecule has 0 heterocycles. The van der Waals surface area contributed by atoms with Crippen LogP contribution in [0.2, 0.25) is 0 Å². The summed E-state index contributed by atoms with van der Waals surface area (Å²) < 4.78 is 0. The van der Waals surface area contributed by atoms with Crippen molar-refractivity contribution in [3.05, 3.63) is 0 Å². The van der Waals surface area contributed by atoms with Gasteiger partial charge in [-0.25, -0.2) is 0 Å². The first-order chi connectivity index (χ1) is 7.04. The minimum Gasteiger partial charge on any atom is -0.319 e. The highest BCUT2D eigenvalue weighted by Gasteiger charge is 2.35. The van der Waals surface area contributed by atoms with E-state index in [9.17, 15) is 0 Å². The quantitative estimate of drug-likeness (QED) is 0.677. The largest absolute Gasteiger partial charge is 0.319 e. The molecule has 2 heteroatoms. The molecule has 0 radical (unpaired) electrons. The number of nitrogens with one attached hydrogen (secondary N) is 2. The van der Waals surface area contributed by atoms with Crippen molar-refractivity contribution in [3.8, 4) is 0 Å². The summed E-state index contributed by atoms with van der Waals surface area (Å²) >= 11 is 0. The van der Waals surface area contributed by atoms with Crippen LogP contribution in [-0.2, 0) is 0 Å². The molecule has 0 amide bonds. The van der Waals surface area contributed by atoms with E-state index in [4.69, 9.17) is 0 Å². The molecule has 0 aliphatic heterocycles. The van der Waals surface area contributed by atoms with E-state index in [0.717, 1.165) is 6.54 Å². The Morgan fingerprint density at radius 1 is 1.20 bits per heavy atom. The van der Waals surface area contributed by atoms with Crippen LogP contribution >= 0.6 is 0 Å². The molecule has 90 valence electrons. The SMILES string of the molecule is CCC(C)(C)CNCC1(CNC)CCC1. The van der Waals surface area contributed by atoms with Gasteiger partial charge in [0, 0.05) is 19.6 Å². The summed E-state index contributed by atoms with van der Waals surface area (Å²) in [7, 11) is 2.07. The summed E-state index contributed by atoms with van der Waals surface area (Å²) in [5.41, 5.74) is 1.02. The Morgan fingerprint density at radius 2 is 1.87 bits per heavy atom. The van der Waals surface area contributed by atoms with Gasteiger partial charge in [-0.3, -0.25) is 0 Å². The van der Waals surface area contributed by atoms with Crippen molar-refractivity contribution in [2.45, 2.75) is 46.5 Å². The van der Waals surface area contributed by atoms with E-state index in [-0.39, 0.29) is 0 Å². The van der Waals surface area contributed by atoms with Crippen molar-refractivity contribution in [3.63, 3.8) is 0 Å². The summed E-state index contributed by atoms with van der Waals surface area (Å²) in [6.07, 6.45) is 5.46. The lowest BCUT2D eigenvalue weighted by molar-refractivity contribution is 0.124. The smallest absolute Gasteiger partial charge is 0.00202 e. The van der Waals surface area contributed by atoms with Gasteiger partial charge in [-0.05, 0) is 37.1 Å². The van der Waals surface area contributed by atoms with Gasteiger partial charge in [0.1, 0.15) is 0 Å². The second-order valence-electron chi connectivity index (χ2n) is 6.01. The zero-order valence-corrected chi connectivity index (χ0v) is 10.9. The van der Waals surface area contributed by atoms with Gasteiger partial charge in [0.15, 0.2) is 0 Å². The topological polar surface area (TPSA) is 24.1 Å². The maximum atomic E-state index is 3.66. The average molecular weight is 212 g/mol. The molecule has 1 aliphatic rings. The lowest BCUT2D eigenvalue weighted by atomic mass is 9.68. The highest BCUT2D eigenvalue weighted by Crippen LogP contribution is 2.39. The molecule has 1 saturated carbocycles. The third-order valence-electron chi connectivity index (χ3n) is 4.03. The third-order valence-corrected chi connectivity index (χ3v) is 4.03. The van der Waals surface area contributed by atoms with Crippen molar-refractivity contribution in [2.24, 2.45) is 10.8 Å². The molecule has 0 unspecified atom stereocenters. The van der Waals surface area contributed by atoms with Crippen molar-refractivity contribution in [1.82, 2.24) is 10.6 Å². The Kier molecular flexibility index (Phi) is 4.60. The number of rotatable bonds is 7.